The Kier molecular flexibility index (Phi) is 4.22. The first-order valence-corrected chi connectivity index (χ1v) is 9.58. The molecule has 4 rings (SSSR count). The number of carbonyl (C=O) groups excluding carboxylic acids is 1. The Hall–Kier alpha value is -1.62. The van der Waals surface area contributed by atoms with Crippen LogP contribution in [0.5, 0.6) is 0 Å². The summed E-state index contributed by atoms with van der Waals surface area (Å²) in [6.07, 6.45) is 5.92. The van der Waals surface area contributed by atoms with Crippen molar-refractivity contribution in [1.82, 2.24) is 14.8 Å². The highest BCUT2D eigenvalue weighted by molar-refractivity contribution is 5.93. The van der Waals surface area contributed by atoms with Crippen LogP contribution < -0.4 is 4.90 Å². The number of nitrogens with zero attached hydrogens (tertiary/aromatic N) is 4. The van der Waals surface area contributed by atoms with Gasteiger partial charge in [-0.2, -0.15) is 0 Å². The molecular formula is C20H30N4O. The number of hydrogen-bond donors (Lipinski definition) is 0. The molecule has 136 valence electrons. The molecule has 0 aromatic carbocycles. The van der Waals surface area contributed by atoms with Gasteiger partial charge in [-0.1, -0.05) is 6.07 Å². The first-order chi connectivity index (χ1) is 11.9. The molecule has 0 spiro atoms. The van der Waals surface area contributed by atoms with Crippen molar-refractivity contribution in [2.24, 2.45) is 11.8 Å². The molecule has 2 unspecified atom stereocenters. The number of carbonyl (C=O) groups is 1. The third-order valence-electron chi connectivity index (χ3n) is 6.82. The van der Waals surface area contributed by atoms with Crippen LogP contribution in [0.25, 0.3) is 0 Å². The average Bonchev–Trinajstić information content (AvgIpc) is 3.26. The average molecular weight is 342 g/mol. The van der Waals surface area contributed by atoms with Crippen LogP contribution in [-0.4, -0.2) is 67.5 Å². The van der Waals surface area contributed by atoms with Crippen LogP contribution >= 0.6 is 0 Å². The monoisotopic (exact) mass is 342 g/mol. The predicted octanol–water partition coefficient (Wildman–Crippen LogP) is 2.26. The second-order valence-corrected chi connectivity index (χ2v) is 8.50. The summed E-state index contributed by atoms with van der Waals surface area (Å²) >= 11 is 0. The first kappa shape index (κ1) is 16.8. The molecule has 0 bridgehead atoms. The van der Waals surface area contributed by atoms with Crippen molar-refractivity contribution in [3.8, 4) is 0 Å². The molecule has 0 N–H and O–H groups in total. The minimum atomic E-state index is 0.0808. The molecule has 5 heteroatoms. The zero-order chi connectivity index (χ0) is 17.7. The molecule has 0 radical (unpaired) electrons. The van der Waals surface area contributed by atoms with E-state index in [-0.39, 0.29) is 5.91 Å². The fourth-order valence-corrected chi connectivity index (χ4v) is 5.15. The van der Waals surface area contributed by atoms with Crippen LogP contribution in [0.2, 0.25) is 0 Å². The van der Waals surface area contributed by atoms with Gasteiger partial charge in [0.25, 0.3) is 5.91 Å². The molecule has 1 amide bonds. The largest absolute Gasteiger partial charge is 0.359 e. The van der Waals surface area contributed by atoms with Gasteiger partial charge in [-0.05, 0) is 69.7 Å². The summed E-state index contributed by atoms with van der Waals surface area (Å²) in [6.45, 7) is 0.995. The summed E-state index contributed by atoms with van der Waals surface area (Å²) < 4.78 is 0. The standard InChI is InChI=1S/C20H30N4O/c1-22(2)16-9-14-11-17(12-15(14)10-16)24(4)20(25)18-6-5-13-7-8-23(3)19(13)21-18/h5-6,14-17H,7-12H2,1-4H3/t14-,15+,16?,17?. The maximum absolute atomic E-state index is 13.0. The van der Waals surface area contributed by atoms with E-state index in [2.05, 4.69) is 42.0 Å². The lowest BCUT2D eigenvalue weighted by Gasteiger charge is -2.27. The number of rotatable bonds is 3. The molecule has 25 heavy (non-hydrogen) atoms. The lowest BCUT2D eigenvalue weighted by molar-refractivity contribution is 0.0720. The Morgan fingerprint density at radius 1 is 1.08 bits per heavy atom. The van der Waals surface area contributed by atoms with E-state index in [1.54, 1.807) is 0 Å². The third-order valence-corrected chi connectivity index (χ3v) is 6.82. The topological polar surface area (TPSA) is 39.7 Å². The number of anilines is 1. The van der Waals surface area contributed by atoms with Gasteiger partial charge in [-0.15, -0.1) is 0 Å². The number of hydrogen-bond acceptors (Lipinski definition) is 4. The molecule has 1 aromatic rings. The highest BCUT2D eigenvalue weighted by Gasteiger charge is 2.44. The summed E-state index contributed by atoms with van der Waals surface area (Å²) in [5.41, 5.74) is 1.85. The summed E-state index contributed by atoms with van der Waals surface area (Å²) in [6, 6.07) is 5.09. The zero-order valence-corrected chi connectivity index (χ0v) is 15.9. The summed E-state index contributed by atoms with van der Waals surface area (Å²) in [4.78, 5) is 24.1. The van der Waals surface area contributed by atoms with Gasteiger partial charge in [0.1, 0.15) is 11.5 Å². The summed E-state index contributed by atoms with van der Waals surface area (Å²) in [7, 11) is 8.40. The first-order valence-electron chi connectivity index (χ1n) is 9.58. The Morgan fingerprint density at radius 3 is 2.36 bits per heavy atom. The fraction of sp³-hybridized carbons (Fsp3) is 0.700. The number of amides is 1. The second-order valence-electron chi connectivity index (χ2n) is 8.50. The smallest absolute Gasteiger partial charge is 0.272 e. The van der Waals surface area contributed by atoms with E-state index in [4.69, 9.17) is 0 Å². The van der Waals surface area contributed by atoms with Crippen molar-refractivity contribution in [3.05, 3.63) is 23.4 Å². The van der Waals surface area contributed by atoms with E-state index < -0.39 is 0 Å². The van der Waals surface area contributed by atoms with Crippen molar-refractivity contribution in [3.63, 3.8) is 0 Å². The fourth-order valence-electron chi connectivity index (χ4n) is 5.15. The Labute approximate surface area is 151 Å². The van der Waals surface area contributed by atoms with Gasteiger partial charge in [0.05, 0.1) is 0 Å². The second kappa shape index (κ2) is 6.27. The van der Waals surface area contributed by atoms with E-state index in [1.807, 2.05) is 18.0 Å². The van der Waals surface area contributed by atoms with Gasteiger partial charge in [-0.3, -0.25) is 4.79 Å². The summed E-state index contributed by atoms with van der Waals surface area (Å²) in [5, 5.41) is 0. The molecule has 1 aromatic heterocycles. The third kappa shape index (κ3) is 2.92. The van der Waals surface area contributed by atoms with Crippen LogP contribution in [0.15, 0.2) is 12.1 Å². The van der Waals surface area contributed by atoms with Crippen LogP contribution in [0.4, 0.5) is 5.82 Å². The van der Waals surface area contributed by atoms with Gasteiger partial charge in [0, 0.05) is 32.7 Å². The Bertz CT molecular complexity index is 660. The van der Waals surface area contributed by atoms with Crippen LogP contribution in [0.1, 0.15) is 41.7 Å². The van der Waals surface area contributed by atoms with E-state index in [0.717, 1.165) is 49.5 Å². The lowest BCUT2D eigenvalue weighted by atomic mass is 10.0. The maximum atomic E-state index is 13.0. The maximum Gasteiger partial charge on any atom is 0.272 e. The molecule has 1 aliphatic heterocycles. The minimum absolute atomic E-state index is 0.0808. The van der Waals surface area contributed by atoms with Gasteiger partial charge < -0.3 is 14.7 Å². The van der Waals surface area contributed by atoms with Gasteiger partial charge in [-0.25, -0.2) is 4.98 Å². The van der Waals surface area contributed by atoms with Crippen molar-refractivity contribution in [2.75, 3.05) is 39.6 Å². The lowest BCUT2D eigenvalue weighted by Crippen LogP contribution is -2.37. The number of pyridine rings is 1. The van der Waals surface area contributed by atoms with Crippen molar-refractivity contribution in [2.45, 2.75) is 44.2 Å². The normalized spacial score (nSPS) is 30.7. The Balaban J connectivity index is 1.43. The van der Waals surface area contributed by atoms with Crippen molar-refractivity contribution >= 4 is 11.7 Å². The van der Waals surface area contributed by atoms with Gasteiger partial charge >= 0.3 is 0 Å². The van der Waals surface area contributed by atoms with E-state index >= 15 is 0 Å². The Morgan fingerprint density at radius 2 is 1.72 bits per heavy atom. The van der Waals surface area contributed by atoms with Gasteiger partial charge in [0.15, 0.2) is 0 Å². The molecule has 4 atom stereocenters. The molecule has 2 aliphatic carbocycles. The van der Waals surface area contributed by atoms with Crippen LogP contribution in [0, 0.1) is 11.8 Å². The molecular weight excluding hydrogens is 312 g/mol. The number of fused-ring (bicyclic) bond motifs is 2. The molecule has 2 heterocycles. The highest BCUT2D eigenvalue weighted by atomic mass is 16.2. The van der Waals surface area contributed by atoms with E-state index in [0.29, 0.717) is 11.7 Å². The molecule has 2 saturated carbocycles. The molecule has 3 aliphatic rings. The van der Waals surface area contributed by atoms with E-state index in [9.17, 15) is 4.79 Å². The molecule has 0 saturated heterocycles. The van der Waals surface area contributed by atoms with Crippen LogP contribution in [-0.2, 0) is 6.42 Å². The zero-order valence-electron chi connectivity index (χ0n) is 15.9. The SMILES string of the molecule is CN1CCc2ccc(C(=O)N(C)C3C[C@H]4CC(N(C)C)C[C@H]4C3)nc21. The van der Waals surface area contributed by atoms with Crippen molar-refractivity contribution < 1.29 is 4.79 Å². The van der Waals surface area contributed by atoms with Crippen LogP contribution in [0.3, 0.4) is 0 Å². The molecule has 2 fully saturated rings. The number of aromatic nitrogens is 1. The van der Waals surface area contributed by atoms with Crippen molar-refractivity contribution in [1.29, 1.82) is 0 Å². The molecule has 5 nitrogen and oxygen atoms in total. The van der Waals surface area contributed by atoms with E-state index in [1.165, 1.54) is 18.4 Å². The summed E-state index contributed by atoms with van der Waals surface area (Å²) in [5.74, 6) is 2.63. The highest BCUT2D eigenvalue weighted by Crippen LogP contribution is 2.46. The van der Waals surface area contributed by atoms with Gasteiger partial charge in [0.2, 0.25) is 0 Å². The number of likely N-dealkylation sites (N-methyl/N-ethyl adjacent to an activating group) is 1. The quantitative estimate of drug-likeness (QED) is 0.845. The minimum Gasteiger partial charge on any atom is -0.359 e. The predicted molar refractivity (Wildman–Crippen MR) is 100 cm³/mol.